The lowest BCUT2D eigenvalue weighted by Crippen LogP contribution is -2.27. The number of carbonyl (C=O) groups is 1. The van der Waals surface area contributed by atoms with Crippen molar-refractivity contribution in [2.24, 2.45) is 0 Å². The molecule has 1 aromatic carbocycles. The molecule has 1 fully saturated rings. The van der Waals surface area contributed by atoms with Crippen molar-refractivity contribution >= 4 is 22.6 Å². The van der Waals surface area contributed by atoms with Crippen molar-refractivity contribution in [3.05, 3.63) is 30.0 Å². The smallest absolute Gasteiger partial charge is 0.289 e. The van der Waals surface area contributed by atoms with E-state index in [1.807, 2.05) is 11.0 Å². The molecular weight excluding hydrogens is 216 g/mol. The molecule has 1 aliphatic heterocycles. The molecule has 4 nitrogen and oxygen atoms in total. The molecule has 2 heterocycles. The largest absolute Gasteiger partial charge is 0.451 e. The lowest BCUT2D eigenvalue weighted by molar-refractivity contribution is 0.0763. The summed E-state index contributed by atoms with van der Waals surface area (Å²) in [5.74, 6) is 0.393. The van der Waals surface area contributed by atoms with Crippen LogP contribution in [0.15, 0.2) is 28.7 Å². The minimum absolute atomic E-state index is 0.0164. The second kappa shape index (κ2) is 3.80. The van der Waals surface area contributed by atoms with Gasteiger partial charge in [-0.3, -0.25) is 4.79 Å². The van der Waals surface area contributed by atoms with E-state index in [1.165, 1.54) is 0 Å². The van der Waals surface area contributed by atoms with Gasteiger partial charge < -0.3 is 15.1 Å². The molecular formula is C13H14N2O2. The van der Waals surface area contributed by atoms with Gasteiger partial charge in [-0.25, -0.2) is 0 Å². The van der Waals surface area contributed by atoms with Crippen molar-refractivity contribution in [3.8, 4) is 0 Å². The van der Waals surface area contributed by atoms with Crippen LogP contribution < -0.4 is 5.73 Å². The van der Waals surface area contributed by atoms with Gasteiger partial charge in [-0.05, 0) is 37.1 Å². The third-order valence-electron chi connectivity index (χ3n) is 3.14. The lowest BCUT2D eigenvalue weighted by Gasteiger charge is -2.12. The van der Waals surface area contributed by atoms with E-state index < -0.39 is 0 Å². The zero-order valence-electron chi connectivity index (χ0n) is 9.48. The Morgan fingerprint density at radius 3 is 2.76 bits per heavy atom. The quantitative estimate of drug-likeness (QED) is 0.764. The molecule has 0 radical (unpaired) electrons. The number of hydrogen-bond donors (Lipinski definition) is 1. The summed E-state index contributed by atoms with van der Waals surface area (Å²) in [6, 6.07) is 7.16. The molecule has 1 amide bonds. The number of rotatable bonds is 1. The Balaban J connectivity index is 1.97. The maximum atomic E-state index is 12.1. The standard InChI is InChI=1S/C13H14N2O2/c14-10-3-4-11-9(7-10)8-12(17-11)13(16)15-5-1-2-6-15/h3-4,7-8H,1-2,5-6,14H2. The van der Waals surface area contributed by atoms with Gasteiger partial charge in [0.25, 0.3) is 5.91 Å². The summed E-state index contributed by atoms with van der Waals surface area (Å²) in [6.07, 6.45) is 2.16. The van der Waals surface area contributed by atoms with Crippen LogP contribution in [-0.2, 0) is 0 Å². The third kappa shape index (κ3) is 1.75. The van der Waals surface area contributed by atoms with Crippen molar-refractivity contribution < 1.29 is 9.21 Å². The van der Waals surface area contributed by atoms with Crippen LogP contribution in [0.4, 0.5) is 5.69 Å². The summed E-state index contributed by atoms with van der Waals surface area (Å²) >= 11 is 0. The topological polar surface area (TPSA) is 59.5 Å². The number of furan rings is 1. The Labute approximate surface area is 99.0 Å². The monoisotopic (exact) mass is 230 g/mol. The molecule has 2 N–H and O–H groups in total. The average Bonchev–Trinajstić information content (AvgIpc) is 2.96. The molecule has 1 aromatic heterocycles. The molecule has 3 rings (SSSR count). The van der Waals surface area contributed by atoms with Crippen molar-refractivity contribution in [1.82, 2.24) is 4.90 Å². The molecule has 1 saturated heterocycles. The number of anilines is 1. The molecule has 2 aromatic rings. The molecule has 88 valence electrons. The fourth-order valence-electron chi connectivity index (χ4n) is 2.24. The first-order chi connectivity index (χ1) is 8.24. The molecule has 0 unspecified atom stereocenters. The first-order valence-corrected chi connectivity index (χ1v) is 5.82. The highest BCUT2D eigenvalue weighted by Crippen LogP contribution is 2.23. The van der Waals surface area contributed by atoms with E-state index in [-0.39, 0.29) is 5.91 Å². The zero-order chi connectivity index (χ0) is 11.8. The number of nitrogens with zero attached hydrogens (tertiary/aromatic N) is 1. The SMILES string of the molecule is Nc1ccc2oc(C(=O)N3CCCC3)cc2c1. The number of carbonyl (C=O) groups excluding carboxylic acids is 1. The van der Waals surface area contributed by atoms with E-state index in [1.54, 1.807) is 18.2 Å². The molecule has 0 bridgehead atoms. The Hall–Kier alpha value is -1.97. The molecule has 0 aliphatic carbocycles. The Morgan fingerprint density at radius 1 is 1.24 bits per heavy atom. The van der Waals surface area contributed by atoms with Gasteiger partial charge in [-0.2, -0.15) is 0 Å². The van der Waals surface area contributed by atoms with E-state index in [0.717, 1.165) is 31.3 Å². The van der Waals surface area contributed by atoms with Crippen LogP contribution in [-0.4, -0.2) is 23.9 Å². The van der Waals surface area contributed by atoms with Crippen LogP contribution >= 0.6 is 0 Å². The molecule has 4 heteroatoms. The lowest BCUT2D eigenvalue weighted by atomic mass is 10.2. The fraction of sp³-hybridized carbons (Fsp3) is 0.308. The number of benzene rings is 1. The number of nitrogen functional groups attached to an aromatic ring is 1. The van der Waals surface area contributed by atoms with Crippen LogP contribution in [0.2, 0.25) is 0 Å². The van der Waals surface area contributed by atoms with E-state index in [0.29, 0.717) is 17.0 Å². The molecule has 1 aliphatic rings. The number of likely N-dealkylation sites (tertiary alicyclic amines) is 1. The van der Waals surface area contributed by atoms with Crippen molar-refractivity contribution in [2.75, 3.05) is 18.8 Å². The summed E-state index contributed by atoms with van der Waals surface area (Å²) in [4.78, 5) is 13.9. The van der Waals surface area contributed by atoms with Gasteiger partial charge in [-0.15, -0.1) is 0 Å². The van der Waals surface area contributed by atoms with Gasteiger partial charge in [-0.1, -0.05) is 0 Å². The number of hydrogen-bond acceptors (Lipinski definition) is 3. The average molecular weight is 230 g/mol. The van der Waals surface area contributed by atoms with Crippen LogP contribution in [0.5, 0.6) is 0 Å². The summed E-state index contributed by atoms with van der Waals surface area (Å²) in [7, 11) is 0. The summed E-state index contributed by atoms with van der Waals surface area (Å²) in [6.45, 7) is 1.66. The molecule has 0 spiro atoms. The normalized spacial score (nSPS) is 15.6. The van der Waals surface area contributed by atoms with E-state index in [9.17, 15) is 4.79 Å². The highest BCUT2D eigenvalue weighted by atomic mass is 16.3. The molecule has 17 heavy (non-hydrogen) atoms. The Morgan fingerprint density at radius 2 is 2.00 bits per heavy atom. The second-order valence-corrected chi connectivity index (χ2v) is 4.41. The predicted octanol–water partition coefficient (Wildman–Crippen LogP) is 2.25. The van der Waals surface area contributed by atoms with Gasteiger partial charge >= 0.3 is 0 Å². The third-order valence-corrected chi connectivity index (χ3v) is 3.14. The highest BCUT2D eigenvalue weighted by Gasteiger charge is 2.22. The van der Waals surface area contributed by atoms with Gasteiger partial charge in [0.05, 0.1) is 0 Å². The minimum Gasteiger partial charge on any atom is -0.451 e. The first kappa shape index (κ1) is 10.2. The van der Waals surface area contributed by atoms with Crippen molar-refractivity contribution in [3.63, 3.8) is 0 Å². The van der Waals surface area contributed by atoms with Gasteiger partial charge in [0.1, 0.15) is 5.58 Å². The van der Waals surface area contributed by atoms with E-state index in [4.69, 9.17) is 10.2 Å². The van der Waals surface area contributed by atoms with E-state index in [2.05, 4.69) is 0 Å². The number of fused-ring (bicyclic) bond motifs is 1. The molecule has 0 saturated carbocycles. The second-order valence-electron chi connectivity index (χ2n) is 4.41. The van der Waals surface area contributed by atoms with Gasteiger partial charge in [0.2, 0.25) is 0 Å². The summed E-state index contributed by atoms with van der Waals surface area (Å²) in [5, 5.41) is 0.882. The fourth-order valence-corrected chi connectivity index (χ4v) is 2.24. The predicted molar refractivity (Wildman–Crippen MR) is 65.8 cm³/mol. The molecule has 0 atom stereocenters. The summed E-state index contributed by atoms with van der Waals surface area (Å²) < 4.78 is 5.55. The summed E-state index contributed by atoms with van der Waals surface area (Å²) in [5.41, 5.74) is 7.08. The number of nitrogens with two attached hydrogens (primary N) is 1. The van der Waals surface area contributed by atoms with Crippen molar-refractivity contribution in [2.45, 2.75) is 12.8 Å². The van der Waals surface area contributed by atoms with Crippen molar-refractivity contribution in [1.29, 1.82) is 0 Å². The van der Waals surface area contributed by atoms with Crippen LogP contribution in [0, 0.1) is 0 Å². The highest BCUT2D eigenvalue weighted by molar-refractivity contribution is 5.96. The van der Waals surface area contributed by atoms with Gasteiger partial charge in [0.15, 0.2) is 5.76 Å². The van der Waals surface area contributed by atoms with E-state index >= 15 is 0 Å². The first-order valence-electron chi connectivity index (χ1n) is 5.82. The minimum atomic E-state index is -0.0164. The Bertz CT molecular complexity index is 568. The van der Waals surface area contributed by atoms with Gasteiger partial charge in [0, 0.05) is 24.2 Å². The Kier molecular flexibility index (Phi) is 2.28. The van der Waals surface area contributed by atoms with Crippen LogP contribution in [0.3, 0.4) is 0 Å². The maximum Gasteiger partial charge on any atom is 0.289 e. The maximum absolute atomic E-state index is 12.1. The number of amides is 1. The van der Waals surface area contributed by atoms with Crippen LogP contribution in [0.1, 0.15) is 23.4 Å². The zero-order valence-corrected chi connectivity index (χ0v) is 9.48. The van der Waals surface area contributed by atoms with Crippen LogP contribution in [0.25, 0.3) is 11.0 Å².